The zero-order valence-corrected chi connectivity index (χ0v) is 18.2. The number of thiazole rings is 1. The summed E-state index contributed by atoms with van der Waals surface area (Å²) in [5.74, 6) is -1.59. The van der Waals surface area contributed by atoms with Gasteiger partial charge in [0.25, 0.3) is 11.8 Å². The van der Waals surface area contributed by atoms with Crippen LogP contribution in [0, 0.1) is 0 Å². The van der Waals surface area contributed by atoms with Gasteiger partial charge >= 0.3 is 5.97 Å². The number of esters is 1. The Hall–Kier alpha value is -4.30. The van der Waals surface area contributed by atoms with Gasteiger partial charge in [0.2, 0.25) is 0 Å². The molecule has 164 valence electrons. The van der Waals surface area contributed by atoms with Crippen LogP contribution in [0.4, 0.5) is 10.8 Å². The van der Waals surface area contributed by atoms with Gasteiger partial charge in [-0.1, -0.05) is 60.7 Å². The maximum Gasteiger partial charge on any atom is 0.340 e. The van der Waals surface area contributed by atoms with Crippen LogP contribution in [0.25, 0.3) is 11.3 Å². The lowest BCUT2D eigenvalue weighted by molar-refractivity contribution is -0.119. The normalized spacial score (nSPS) is 10.3. The summed E-state index contributed by atoms with van der Waals surface area (Å²) in [5.41, 5.74) is 2.59. The first-order valence-electron chi connectivity index (χ1n) is 10.0. The molecule has 1 heterocycles. The average Bonchev–Trinajstić information content (AvgIpc) is 3.32. The Balaban J connectivity index is 1.35. The largest absolute Gasteiger partial charge is 0.452 e. The third kappa shape index (κ3) is 5.69. The molecule has 4 rings (SSSR count). The van der Waals surface area contributed by atoms with E-state index in [0.29, 0.717) is 16.4 Å². The molecule has 33 heavy (non-hydrogen) atoms. The van der Waals surface area contributed by atoms with Crippen LogP contribution in [0.5, 0.6) is 0 Å². The molecule has 0 fully saturated rings. The number of amides is 2. The molecular formula is C25H19N3O4S. The summed E-state index contributed by atoms with van der Waals surface area (Å²) in [6.45, 7) is -0.486. The van der Waals surface area contributed by atoms with Crippen molar-refractivity contribution in [3.05, 3.63) is 101 Å². The molecule has 0 spiro atoms. The highest BCUT2D eigenvalue weighted by Crippen LogP contribution is 2.24. The van der Waals surface area contributed by atoms with E-state index in [1.54, 1.807) is 48.5 Å². The van der Waals surface area contributed by atoms with Gasteiger partial charge in [0.15, 0.2) is 11.7 Å². The molecule has 0 bridgehead atoms. The van der Waals surface area contributed by atoms with Gasteiger partial charge in [0.1, 0.15) is 0 Å². The Labute approximate surface area is 194 Å². The smallest absolute Gasteiger partial charge is 0.340 e. The van der Waals surface area contributed by atoms with Crippen LogP contribution in [0.3, 0.4) is 0 Å². The Bertz CT molecular complexity index is 1270. The van der Waals surface area contributed by atoms with E-state index in [4.69, 9.17) is 4.74 Å². The van der Waals surface area contributed by atoms with Crippen LogP contribution in [-0.2, 0) is 9.53 Å². The van der Waals surface area contributed by atoms with Crippen LogP contribution in [0.1, 0.15) is 20.7 Å². The van der Waals surface area contributed by atoms with E-state index in [0.717, 1.165) is 11.3 Å². The molecule has 2 N–H and O–H groups in total. The van der Waals surface area contributed by atoms with Crippen molar-refractivity contribution >= 4 is 39.9 Å². The fourth-order valence-electron chi connectivity index (χ4n) is 2.99. The number of para-hydroxylation sites is 1. The molecule has 1 aromatic heterocycles. The minimum atomic E-state index is -0.724. The van der Waals surface area contributed by atoms with Gasteiger partial charge < -0.3 is 10.1 Å². The Kier molecular flexibility index (Phi) is 6.87. The predicted octanol–water partition coefficient (Wildman–Crippen LogP) is 4.86. The second-order valence-corrected chi connectivity index (χ2v) is 7.75. The molecule has 0 aliphatic carbocycles. The van der Waals surface area contributed by atoms with Crippen LogP contribution in [-0.4, -0.2) is 29.4 Å². The van der Waals surface area contributed by atoms with Crippen LogP contribution >= 0.6 is 11.3 Å². The fraction of sp³-hybridized carbons (Fsp3) is 0.0400. The summed E-state index contributed by atoms with van der Waals surface area (Å²) >= 11 is 1.28. The van der Waals surface area contributed by atoms with Crippen LogP contribution in [0.2, 0.25) is 0 Å². The summed E-state index contributed by atoms with van der Waals surface area (Å²) in [7, 11) is 0. The second-order valence-electron chi connectivity index (χ2n) is 6.89. The van der Waals surface area contributed by atoms with Crippen molar-refractivity contribution in [2.75, 3.05) is 17.2 Å². The van der Waals surface area contributed by atoms with Crippen LogP contribution < -0.4 is 10.6 Å². The van der Waals surface area contributed by atoms with E-state index >= 15 is 0 Å². The molecule has 0 radical (unpaired) electrons. The van der Waals surface area contributed by atoms with Gasteiger partial charge in [0.05, 0.1) is 16.9 Å². The number of nitrogens with one attached hydrogen (secondary N) is 2. The highest BCUT2D eigenvalue weighted by Gasteiger charge is 2.17. The summed E-state index contributed by atoms with van der Waals surface area (Å²) in [6.07, 6.45) is 0. The van der Waals surface area contributed by atoms with Crippen LogP contribution in [0.15, 0.2) is 90.3 Å². The molecule has 0 saturated carbocycles. The van der Waals surface area contributed by atoms with E-state index in [2.05, 4.69) is 15.6 Å². The van der Waals surface area contributed by atoms with E-state index in [-0.39, 0.29) is 11.5 Å². The molecule has 0 aliphatic heterocycles. The van der Waals surface area contributed by atoms with Crippen molar-refractivity contribution in [1.29, 1.82) is 0 Å². The van der Waals surface area contributed by atoms with Crippen molar-refractivity contribution in [2.24, 2.45) is 0 Å². The molecule has 0 atom stereocenters. The third-order valence-electron chi connectivity index (χ3n) is 4.59. The van der Waals surface area contributed by atoms with E-state index in [1.165, 1.54) is 17.4 Å². The molecular weight excluding hydrogens is 438 g/mol. The summed E-state index contributed by atoms with van der Waals surface area (Å²) in [6, 6.07) is 24.7. The zero-order valence-electron chi connectivity index (χ0n) is 17.4. The highest BCUT2D eigenvalue weighted by atomic mass is 32.1. The Morgan fingerprint density at radius 2 is 1.48 bits per heavy atom. The zero-order chi connectivity index (χ0) is 23.0. The lowest BCUT2D eigenvalue weighted by atomic mass is 10.1. The topological polar surface area (TPSA) is 97.4 Å². The number of carbonyl (C=O) groups is 3. The summed E-state index contributed by atoms with van der Waals surface area (Å²) in [5, 5.41) is 7.58. The van der Waals surface area contributed by atoms with Gasteiger partial charge in [-0.3, -0.25) is 14.9 Å². The van der Waals surface area contributed by atoms with Crippen molar-refractivity contribution in [3.8, 4) is 11.3 Å². The van der Waals surface area contributed by atoms with Gasteiger partial charge in [-0.2, -0.15) is 0 Å². The predicted molar refractivity (Wildman–Crippen MR) is 127 cm³/mol. The number of hydrogen-bond acceptors (Lipinski definition) is 6. The molecule has 8 heteroatoms. The standard InChI is InChI=1S/C25H19N3O4S/c29-22(28-25-27-21(16-33-25)17-9-3-1-4-10-17)15-32-24(31)19-13-7-8-14-20(19)26-23(30)18-11-5-2-6-12-18/h1-14,16H,15H2,(H,26,30)(H,27,28,29). The number of benzene rings is 3. The van der Waals surface area contributed by atoms with Gasteiger partial charge in [-0.05, 0) is 24.3 Å². The van der Waals surface area contributed by atoms with Crippen molar-refractivity contribution < 1.29 is 19.1 Å². The van der Waals surface area contributed by atoms with Crippen molar-refractivity contribution in [2.45, 2.75) is 0 Å². The minimum absolute atomic E-state index is 0.148. The highest BCUT2D eigenvalue weighted by molar-refractivity contribution is 7.14. The number of aromatic nitrogens is 1. The number of nitrogens with zero attached hydrogens (tertiary/aromatic N) is 1. The van der Waals surface area contributed by atoms with Gasteiger partial charge in [-0.15, -0.1) is 11.3 Å². The molecule has 7 nitrogen and oxygen atoms in total. The molecule has 0 aliphatic rings. The summed E-state index contributed by atoms with van der Waals surface area (Å²) < 4.78 is 5.16. The third-order valence-corrected chi connectivity index (χ3v) is 5.34. The van der Waals surface area contributed by atoms with Gasteiger partial charge in [-0.25, -0.2) is 9.78 Å². The first-order valence-corrected chi connectivity index (χ1v) is 10.9. The molecule has 2 amide bonds. The Morgan fingerprint density at radius 1 is 0.818 bits per heavy atom. The quantitative estimate of drug-likeness (QED) is 0.386. The second kappa shape index (κ2) is 10.3. The monoisotopic (exact) mass is 457 g/mol. The number of hydrogen-bond donors (Lipinski definition) is 2. The molecule has 0 saturated heterocycles. The first-order chi connectivity index (χ1) is 16.1. The fourth-order valence-corrected chi connectivity index (χ4v) is 3.73. The maximum atomic E-state index is 12.6. The van der Waals surface area contributed by atoms with E-state index in [9.17, 15) is 14.4 Å². The number of ether oxygens (including phenoxy) is 1. The van der Waals surface area contributed by atoms with E-state index in [1.807, 2.05) is 35.7 Å². The minimum Gasteiger partial charge on any atom is -0.452 e. The first kappa shape index (κ1) is 21.9. The molecule has 4 aromatic rings. The number of carbonyl (C=O) groups excluding carboxylic acids is 3. The van der Waals surface area contributed by atoms with Crippen molar-refractivity contribution in [3.63, 3.8) is 0 Å². The lowest BCUT2D eigenvalue weighted by Gasteiger charge is -2.11. The molecule has 0 unspecified atom stereocenters. The maximum absolute atomic E-state index is 12.6. The number of rotatable bonds is 7. The lowest BCUT2D eigenvalue weighted by Crippen LogP contribution is -2.22. The van der Waals surface area contributed by atoms with Crippen molar-refractivity contribution in [1.82, 2.24) is 4.98 Å². The Morgan fingerprint density at radius 3 is 2.24 bits per heavy atom. The van der Waals surface area contributed by atoms with Gasteiger partial charge in [0, 0.05) is 16.5 Å². The SMILES string of the molecule is O=C(COC(=O)c1ccccc1NC(=O)c1ccccc1)Nc1nc(-c2ccccc2)cs1. The summed E-state index contributed by atoms with van der Waals surface area (Å²) in [4.78, 5) is 41.6. The molecule has 3 aromatic carbocycles. The number of anilines is 2. The average molecular weight is 458 g/mol. The van der Waals surface area contributed by atoms with E-state index < -0.39 is 18.5 Å².